The third kappa shape index (κ3) is 2.56. The van der Waals surface area contributed by atoms with Crippen LogP contribution in [0.4, 0.5) is 0 Å². The summed E-state index contributed by atoms with van der Waals surface area (Å²) < 4.78 is 3.56. The molecule has 0 amide bonds. The van der Waals surface area contributed by atoms with E-state index < -0.39 is 44.6 Å². The predicted octanol–water partition coefficient (Wildman–Crippen LogP) is 6.37. The van der Waals surface area contributed by atoms with E-state index in [9.17, 15) is 0 Å². The van der Waals surface area contributed by atoms with Crippen molar-refractivity contribution in [1.29, 1.82) is 0 Å². The second-order valence-corrected chi connectivity index (χ2v) is 10.8. The molecule has 0 aromatic carbocycles. The second-order valence-electron chi connectivity index (χ2n) is 7.72. The number of rotatable bonds is 2. The average Bonchev–Trinajstić information content (AvgIpc) is 2.63. The Hall–Kier alpha value is 0.544. The molecule has 2 aliphatic carbocycles. The molecule has 0 saturated carbocycles. The van der Waals surface area contributed by atoms with E-state index in [-0.39, 0.29) is 10.8 Å². The van der Waals surface area contributed by atoms with Crippen LogP contribution >= 0.6 is 0 Å². The topological polar surface area (TPSA) is 0 Å². The van der Waals surface area contributed by atoms with E-state index in [1.807, 2.05) is 0 Å². The first-order chi connectivity index (χ1) is 9.44. The van der Waals surface area contributed by atoms with E-state index in [1.165, 1.54) is 0 Å². The molecule has 0 aliphatic heterocycles. The quantitative estimate of drug-likeness (QED) is 0.485. The van der Waals surface area contributed by atoms with Gasteiger partial charge in [-0.1, -0.05) is 0 Å². The van der Waals surface area contributed by atoms with Crippen molar-refractivity contribution in [3.63, 3.8) is 0 Å². The molecular weight excluding hydrogens is 392 g/mol. The van der Waals surface area contributed by atoms with E-state index in [2.05, 4.69) is 69.2 Å². The monoisotopic (exact) mass is 423 g/mol. The minimum atomic E-state index is -0.542. The van der Waals surface area contributed by atoms with Crippen molar-refractivity contribution < 1.29 is 44.6 Å². The van der Waals surface area contributed by atoms with Gasteiger partial charge in [-0.3, -0.25) is 0 Å². The van der Waals surface area contributed by atoms with E-state index in [0.717, 1.165) is 0 Å². The molecule has 0 fully saturated rings. The first-order valence-corrected chi connectivity index (χ1v) is 10.3. The number of hydrogen-bond donors (Lipinski definition) is 0. The summed E-state index contributed by atoms with van der Waals surface area (Å²) in [7, 11) is 0. The molecule has 0 heterocycles. The third-order valence-electron chi connectivity index (χ3n) is 6.07. The predicted molar refractivity (Wildman–Crippen MR) is 89.7 cm³/mol. The molecule has 0 bridgehead atoms. The van der Waals surface area contributed by atoms with Gasteiger partial charge in [0, 0.05) is 0 Å². The maximum absolute atomic E-state index is 2.43. The van der Waals surface area contributed by atoms with Crippen molar-refractivity contribution in [2.45, 2.75) is 69.2 Å². The van der Waals surface area contributed by atoms with Gasteiger partial charge in [-0.2, -0.15) is 0 Å². The Bertz CT molecular complexity index is 575. The molecule has 0 atom stereocenters. The van der Waals surface area contributed by atoms with Gasteiger partial charge in [0.1, 0.15) is 0 Å². The van der Waals surface area contributed by atoms with Crippen LogP contribution in [0, 0.1) is 55.5 Å². The molecule has 0 radical (unpaired) electrons. The Balaban J connectivity index is 2.47. The molecule has 0 aromatic rings. The van der Waals surface area contributed by atoms with Crippen molar-refractivity contribution in [2.75, 3.05) is 0 Å². The Morgan fingerprint density at radius 1 is 0.524 bits per heavy atom. The fraction of sp³-hybridized carbons (Fsp3) is 0.600. The fourth-order valence-electron chi connectivity index (χ4n) is 3.57. The van der Waals surface area contributed by atoms with Crippen LogP contribution in [0.25, 0.3) is 0 Å². The molecule has 0 saturated heterocycles. The average molecular weight is 422 g/mol. The van der Waals surface area contributed by atoms with Gasteiger partial charge >= 0.3 is 158 Å². The van der Waals surface area contributed by atoms with Crippen molar-refractivity contribution >= 4 is 0 Å². The molecule has 0 nitrogen and oxygen atoms in total. The summed E-state index contributed by atoms with van der Waals surface area (Å²) >= 11 is -0.542. The Morgan fingerprint density at radius 3 is 1.00 bits per heavy atom. The van der Waals surface area contributed by atoms with Crippen LogP contribution in [0.1, 0.15) is 69.2 Å². The molecular formula is C20H30Eu. The molecule has 0 spiro atoms. The normalized spacial score (nSPS) is 24.9. The SMILES string of the molecule is CC1=C(C)C(C)(C)[C]([Eu][C]2=C(C)C(C)=C(C)C2(C)C)=C1C. The first kappa shape index (κ1) is 17.9. The second kappa shape index (κ2) is 5.57. The molecule has 1 heteroatoms. The zero-order chi connectivity index (χ0) is 16.3. The molecule has 21 heavy (non-hydrogen) atoms. The summed E-state index contributed by atoms with van der Waals surface area (Å²) in [5.74, 6) is 0. The van der Waals surface area contributed by atoms with Gasteiger partial charge in [0.2, 0.25) is 0 Å². The maximum atomic E-state index is 2.43. The summed E-state index contributed by atoms with van der Waals surface area (Å²) in [4.78, 5) is 0. The van der Waals surface area contributed by atoms with Crippen molar-refractivity contribution in [2.24, 2.45) is 10.8 Å². The van der Waals surface area contributed by atoms with Crippen LogP contribution in [-0.2, 0) is 0 Å². The van der Waals surface area contributed by atoms with Gasteiger partial charge in [-0.15, -0.1) is 0 Å². The molecule has 0 N–H and O–H groups in total. The van der Waals surface area contributed by atoms with Crippen LogP contribution in [-0.4, -0.2) is 0 Å². The van der Waals surface area contributed by atoms with Gasteiger partial charge in [-0.05, 0) is 0 Å². The zero-order valence-corrected chi connectivity index (χ0v) is 17.8. The zero-order valence-electron chi connectivity index (χ0n) is 15.4. The molecule has 2 rings (SSSR count). The summed E-state index contributed by atoms with van der Waals surface area (Å²) in [5, 5.41) is 0. The summed E-state index contributed by atoms with van der Waals surface area (Å²) in [6.07, 6.45) is 0. The molecule has 0 unspecified atom stereocenters. The summed E-state index contributed by atoms with van der Waals surface area (Å²) in [6.45, 7) is 23.7. The number of allylic oxidation sites excluding steroid dienone is 8. The summed E-state index contributed by atoms with van der Waals surface area (Å²) in [6, 6.07) is 0. The van der Waals surface area contributed by atoms with Gasteiger partial charge in [-0.25, -0.2) is 0 Å². The van der Waals surface area contributed by atoms with Gasteiger partial charge < -0.3 is 0 Å². The van der Waals surface area contributed by atoms with Crippen LogP contribution in [0.15, 0.2) is 33.4 Å². The molecule has 0 aromatic heterocycles. The Labute approximate surface area is 156 Å². The van der Waals surface area contributed by atoms with Gasteiger partial charge in [0.25, 0.3) is 0 Å². The van der Waals surface area contributed by atoms with E-state index in [1.54, 1.807) is 33.4 Å². The Kier molecular flexibility index (Phi) is 4.74. The van der Waals surface area contributed by atoms with E-state index in [0.29, 0.717) is 0 Å². The first-order valence-electron chi connectivity index (χ1n) is 7.88. The minimum absolute atomic E-state index is 0.278. The van der Waals surface area contributed by atoms with Crippen LogP contribution in [0.3, 0.4) is 0 Å². The van der Waals surface area contributed by atoms with Crippen LogP contribution in [0.5, 0.6) is 0 Å². The number of hydrogen-bond acceptors (Lipinski definition) is 0. The molecule has 2 aliphatic rings. The van der Waals surface area contributed by atoms with Crippen molar-refractivity contribution in [3.8, 4) is 0 Å². The third-order valence-corrected chi connectivity index (χ3v) is 12.1. The standard InChI is InChI=1S/2C10H15.Eu/c2*1-7-6-10(4,5)9(3)8(7)2;/h2*1-5H3;. The van der Waals surface area contributed by atoms with Crippen molar-refractivity contribution in [3.05, 3.63) is 33.4 Å². The Morgan fingerprint density at radius 2 is 0.810 bits per heavy atom. The van der Waals surface area contributed by atoms with Crippen molar-refractivity contribution in [1.82, 2.24) is 0 Å². The van der Waals surface area contributed by atoms with Crippen LogP contribution in [0.2, 0.25) is 0 Å². The van der Waals surface area contributed by atoms with E-state index in [4.69, 9.17) is 0 Å². The molecule has 117 valence electrons. The van der Waals surface area contributed by atoms with E-state index >= 15 is 0 Å². The van der Waals surface area contributed by atoms with Gasteiger partial charge in [0.15, 0.2) is 0 Å². The fourth-order valence-corrected chi connectivity index (χ4v) is 8.42. The van der Waals surface area contributed by atoms with Gasteiger partial charge in [0.05, 0.1) is 0 Å². The van der Waals surface area contributed by atoms with Crippen LogP contribution < -0.4 is 0 Å². The summed E-state index contributed by atoms with van der Waals surface area (Å²) in [5.41, 5.74) is 10.00.